The molecule has 0 spiro atoms. The number of nitrogens with zero attached hydrogens (tertiary/aromatic N) is 1. The lowest BCUT2D eigenvalue weighted by Gasteiger charge is -2.49. The predicted octanol–water partition coefficient (Wildman–Crippen LogP) is 9.11. The quantitative estimate of drug-likeness (QED) is 0.214. The predicted molar refractivity (Wildman–Crippen MR) is 199 cm³/mol. The normalized spacial score (nSPS) is 30.3. The fourth-order valence-corrected chi connectivity index (χ4v) is 12.6. The summed E-state index contributed by atoms with van der Waals surface area (Å²) in [7, 11) is -6.88. The molecule has 10 heteroatoms. The van der Waals surface area contributed by atoms with Gasteiger partial charge in [0.15, 0.2) is 30.7 Å². The van der Waals surface area contributed by atoms with Crippen LogP contribution in [0, 0.1) is 5.92 Å². The van der Waals surface area contributed by atoms with Crippen LogP contribution in [0.5, 0.6) is 0 Å². The lowest BCUT2D eigenvalue weighted by molar-refractivity contribution is -0.167. The molecule has 47 heavy (non-hydrogen) atoms. The molecule has 3 aliphatic rings. The summed E-state index contributed by atoms with van der Waals surface area (Å²) in [5.74, 6) is -1.06. The molecule has 7 nitrogen and oxygen atoms in total. The van der Waals surface area contributed by atoms with Crippen LogP contribution in [0.3, 0.4) is 0 Å². The number of carbonyl (C=O) groups excluding carboxylic acids is 1. The van der Waals surface area contributed by atoms with Crippen LogP contribution in [-0.2, 0) is 34.1 Å². The van der Waals surface area contributed by atoms with Crippen LogP contribution in [0.4, 0.5) is 0 Å². The zero-order chi connectivity index (χ0) is 35.4. The Balaban J connectivity index is 1.96. The van der Waals surface area contributed by atoms with E-state index in [2.05, 4.69) is 106 Å². The first kappa shape index (κ1) is 38.9. The molecule has 4 rings (SSSR count). The fourth-order valence-electron chi connectivity index (χ4n) is 7.14. The molecule has 2 heterocycles. The monoisotopic (exact) mass is 705 g/mol. The number of ether oxygens (including phenoxy) is 2. The van der Waals surface area contributed by atoms with Crippen LogP contribution in [0.1, 0.15) is 88.1 Å². The molecule has 2 saturated heterocycles. The van der Waals surface area contributed by atoms with E-state index in [4.69, 9.17) is 22.8 Å². The molecular formula is C37H67NO6Si3. The van der Waals surface area contributed by atoms with Gasteiger partial charge >= 0.3 is 0 Å². The van der Waals surface area contributed by atoms with Crippen molar-refractivity contribution in [3.63, 3.8) is 0 Å². The van der Waals surface area contributed by atoms with E-state index in [1.165, 1.54) is 0 Å². The number of likely N-dealkylation sites (tertiary alicyclic amines) is 1. The fraction of sp³-hybridized carbons (Fsp3) is 0.811. The summed E-state index contributed by atoms with van der Waals surface area (Å²) in [5.41, 5.74) is 1.11. The second kappa shape index (κ2) is 13.7. The molecule has 1 aromatic carbocycles. The van der Waals surface area contributed by atoms with Crippen molar-refractivity contribution in [2.24, 2.45) is 5.92 Å². The molecule has 0 N–H and O–H groups in total. The van der Waals surface area contributed by atoms with Gasteiger partial charge in [-0.25, -0.2) is 0 Å². The minimum absolute atomic E-state index is 0.0231. The second-order valence-corrected chi connectivity index (χ2v) is 32.2. The Kier molecular flexibility index (Phi) is 11.3. The van der Waals surface area contributed by atoms with Crippen molar-refractivity contribution in [2.75, 3.05) is 0 Å². The minimum Gasteiger partial charge on any atom is -0.410 e. The van der Waals surface area contributed by atoms with E-state index in [0.717, 1.165) is 23.7 Å². The van der Waals surface area contributed by atoms with Crippen molar-refractivity contribution in [1.29, 1.82) is 0 Å². The maximum atomic E-state index is 15.0. The summed E-state index contributed by atoms with van der Waals surface area (Å²) in [6.07, 6.45) is -1.44. The van der Waals surface area contributed by atoms with Crippen molar-refractivity contribution >= 4 is 30.9 Å². The smallest absolute Gasteiger partial charge is 0.229 e. The number of hydrogen-bond acceptors (Lipinski definition) is 6. The third-order valence-electron chi connectivity index (χ3n) is 12.4. The standard InChI is InChI=1S/C37H67NO6Si3/c1-16-47(17-2,18-3)44-33-29(42-45(12,13)35(4,5)6)27-24-28(38(34(27)39)25-26-22-20-19-21-23-26)30(43-46(14,15)36(7,8)9)31-32(33)41-37(10,11)40-31/h19-23,27-33H,16-18,24-25H2,1-15H3/t27-,28+,29+,30-,31-,32+,33-/m1/s1. The topological polar surface area (TPSA) is 66.5 Å². The summed E-state index contributed by atoms with van der Waals surface area (Å²) in [6, 6.07) is 13.2. The number of amides is 1. The molecular weight excluding hydrogens is 639 g/mol. The molecule has 0 aromatic heterocycles. The van der Waals surface area contributed by atoms with Crippen molar-refractivity contribution < 1.29 is 27.5 Å². The van der Waals surface area contributed by atoms with E-state index in [9.17, 15) is 0 Å². The van der Waals surface area contributed by atoms with Crippen molar-refractivity contribution in [2.45, 2.75) is 186 Å². The Morgan fingerprint density at radius 1 is 0.766 bits per heavy atom. The van der Waals surface area contributed by atoms with Gasteiger partial charge in [-0.05, 0) is 80.2 Å². The van der Waals surface area contributed by atoms with Gasteiger partial charge in [0, 0.05) is 6.54 Å². The van der Waals surface area contributed by atoms with Crippen molar-refractivity contribution in [1.82, 2.24) is 4.90 Å². The zero-order valence-corrected chi connectivity index (χ0v) is 35.4. The molecule has 1 saturated carbocycles. The third kappa shape index (κ3) is 7.90. The van der Waals surface area contributed by atoms with E-state index in [1.807, 2.05) is 32.0 Å². The lowest BCUT2D eigenvalue weighted by Crippen LogP contribution is -2.63. The first-order valence-corrected chi connectivity index (χ1v) is 26.6. The molecule has 1 aliphatic carbocycles. The highest BCUT2D eigenvalue weighted by Crippen LogP contribution is 2.50. The van der Waals surface area contributed by atoms with E-state index in [0.29, 0.717) is 13.0 Å². The number of carbonyl (C=O) groups is 1. The zero-order valence-electron chi connectivity index (χ0n) is 32.4. The van der Waals surface area contributed by atoms with E-state index < -0.39 is 55.2 Å². The molecule has 0 unspecified atom stereocenters. The summed E-state index contributed by atoms with van der Waals surface area (Å²) >= 11 is 0. The highest BCUT2D eigenvalue weighted by molar-refractivity contribution is 6.75. The third-order valence-corrected chi connectivity index (χ3v) is 26.0. The molecule has 3 fully saturated rings. The van der Waals surface area contributed by atoms with Crippen LogP contribution >= 0.6 is 0 Å². The summed E-state index contributed by atoms with van der Waals surface area (Å²) in [4.78, 5) is 17.1. The van der Waals surface area contributed by atoms with E-state index in [-0.39, 0.29) is 34.0 Å². The summed E-state index contributed by atoms with van der Waals surface area (Å²) < 4.78 is 36.4. The largest absolute Gasteiger partial charge is 0.410 e. The number of rotatable bonds is 11. The average molecular weight is 706 g/mol. The lowest BCUT2D eigenvalue weighted by atomic mass is 9.83. The van der Waals surface area contributed by atoms with Gasteiger partial charge in [-0.15, -0.1) is 0 Å². The minimum atomic E-state index is -2.36. The second-order valence-electron chi connectivity index (χ2n) is 17.9. The van der Waals surface area contributed by atoms with Crippen LogP contribution in [-0.4, -0.2) is 78.1 Å². The Morgan fingerprint density at radius 2 is 1.23 bits per heavy atom. The van der Waals surface area contributed by atoms with Gasteiger partial charge in [-0.2, -0.15) is 0 Å². The molecule has 268 valence electrons. The van der Waals surface area contributed by atoms with Gasteiger partial charge in [0.2, 0.25) is 5.91 Å². The number of hydrogen-bond donors (Lipinski definition) is 0. The Labute approximate surface area is 290 Å². The molecule has 7 atom stereocenters. The van der Waals surface area contributed by atoms with E-state index >= 15 is 4.79 Å². The van der Waals surface area contributed by atoms with E-state index in [1.54, 1.807) is 0 Å². The van der Waals surface area contributed by atoms with Gasteiger partial charge in [0.05, 0.1) is 30.3 Å². The molecule has 1 amide bonds. The Morgan fingerprint density at radius 3 is 1.70 bits per heavy atom. The molecule has 0 radical (unpaired) electrons. The van der Waals surface area contributed by atoms with Crippen LogP contribution in [0.2, 0.25) is 54.4 Å². The van der Waals surface area contributed by atoms with Gasteiger partial charge in [-0.3, -0.25) is 4.79 Å². The Hall–Kier alpha value is -0.859. The van der Waals surface area contributed by atoms with Gasteiger partial charge in [-0.1, -0.05) is 92.6 Å². The highest BCUT2D eigenvalue weighted by atomic mass is 28.4. The highest BCUT2D eigenvalue weighted by Gasteiger charge is 2.64. The average Bonchev–Trinajstić information content (AvgIpc) is 3.46. The maximum Gasteiger partial charge on any atom is 0.229 e. The van der Waals surface area contributed by atoms with Gasteiger partial charge < -0.3 is 27.7 Å². The molecule has 2 aliphatic heterocycles. The van der Waals surface area contributed by atoms with Crippen LogP contribution < -0.4 is 0 Å². The summed E-state index contributed by atoms with van der Waals surface area (Å²) in [6.45, 7) is 34.2. The van der Waals surface area contributed by atoms with Crippen LogP contribution in [0.25, 0.3) is 0 Å². The SMILES string of the molecule is CC[Si](CC)(CC)O[C@H]1[C@H]2OC(C)(C)O[C@@H]2[C@H](O[Si](C)(C)C(C)(C)C)[C@@H]2C[C@@H](C(=O)N2Cc2ccccc2)[C@@H]1O[Si](C)(C)C(C)(C)C. The first-order valence-electron chi connectivity index (χ1n) is 18.3. The first-order chi connectivity index (χ1) is 21.5. The van der Waals surface area contributed by atoms with Crippen molar-refractivity contribution in [3.8, 4) is 0 Å². The van der Waals surface area contributed by atoms with Crippen LogP contribution in [0.15, 0.2) is 30.3 Å². The maximum absolute atomic E-state index is 15.0. The van der Waals surface area contributed by atoms with Gasteiger partial charge in [0.25, 0.3) is 0 Å². The number of benzene rings is 1. The van der Waals surface area contributed by atoms with Crippen molar-refractivity contribution in [3.05, 3.63) is 35.9 Å². The molecule has 1 aromatic rings. The van der Waals surface area contributed by atoms with Gasteiger partial charge in [0.1, 0.15) is 12.2 Å². The Bertz CT molecular complexity index is 1210. The number of fused-ring (bicyclic) bond motifs is 3. The summed E-state index contributed by atoms with van der Waals surface area (Å²) in [5, 5.41) is -0.0656. The molecule has 2 bridgehead atoms.